The summed E-state index contributed by atoms with van der Waals surface area (Å²) in [4.78, 5) is 42.3. The minimum Gasteiger partial charge on any atom is -0.351 e. The Morgan fingerprint density at radius 1 is 1.03 bits per heavy atom. The third kappa shape index (κ3) is 5.90. The fourth-order valence-electron chi connectivity index (χ4n) is 4.43. The summed E-state index contributed by atoms with van der Waals surface area (Å²) in [7, 11) is 0. The van der Waals surface area contributed by atoms with Gasteiger partial charge in [-0.05, 0) is 37.0 Å². The van der Waals surface area contributed by atoms with Gasteiger partial charge in [0.15, 0.2) is 6.17 Å². The van der Waals surface area contributed by atoms with Crippen LogP contribution in [-0.2, 0) is 9.59 Å². The summed E-state index contributed by atoms with van der Waals surface area (Å²) in [6.07, 6.45) is 5.58. The van der Waals surface area contributed by atoms with E-state index in [1.54, 1.807) is 17.0 Å². The van der Waals surface area contributed by atoms with E-state index in [-0.39, 0.29) is 29.9 Å². The van der Waals surface area contributed by atoms with Crippen LogP contribution in [-0.4, -0.2) is 59.9 Å². The largest absolute Gasteiger partial charge is 0.351 e. The standard InChI is InChI=1S/C22H30Cl2N4O3/c23-17-8-7-16(14-18(17)24)22(31)28-13-3-12-27(21(28)20(30)26-11-10-25)19(29)9-6-15-4-1-2-5-15/h7-8,14-15,21H,1-6,9-13,25H2,(H,26,30). The van der Waals surface area contributed by atoms with Crippen molar-refractivity contribution in [3.8, 4) is 0 Å². The molecule has 1 aromatic carbocycles. The first-order chi connectivity index (χ1) is 14.9. The minimum atomic E-state index is -1.00. The van der Waals surface area contributed by atoms with Crippen LogP contribution in [0.4, 0.5) is 0 Å². The smallest absolute Gasteiger partial charge is 0.263 e. The first kappa shape index (κ1) is 23.8. The topological polar surface area (TPSA) is 95.7 Å². The van der Waals surface area contributed by atoms with Gasteiger partial charge in [0.05, 0.1) is 10.0 Å². The van der Waals surface area contributed by atoms with Gasteiger partial charge in [-0.15, -0.1) is 0 Å². The summed E-state index contributed by atoms with van der Waals surface area (Å²) < 4.78 is 0. The Bertz CT molecular complexity index is 814. The van der Waals surface area contributed by atoms with Crippen molar-refractivity contribution in [2.75, 3.05) is 26.2 Å². The highest BCUT2D eigenvalue weighted by Gasteiger charge is 2.40. The fourth-order valence-corrected chi connectivity index (χ4v) is 4.73. The Hall–Kier alpha value is -1.83. The SMILES string of the molecule is NCCNC(=O)C1N(C(=O)CCC2CCCC2)CCCN1C(=O)c1ccc(Cl)c(Cl)c1. The summed E-state index contributed by atoms with van der Waals surface area (Å²) in [6.45, 7) is 1.35. The van der Waals surface area contributed by atoms with Crippen molar-refractivity contribution < 1.29 is 14.4 Å². The summed E-state index contributed by atoms with van der Waals surface area (Å²) in [5.74, 6) is -0.272. The van der Waals surface area contributed by atoms with E-state index in [0.717, 1.165) is 19.3 Å². The van der Waals surface area contributed by atoms with Gasteiger partial charge < -0.3 is 20.9 Å². The molecule has 1 aromatic rings. The molecule has 1 saturated heterocycles. The zero-order valence-electron chi connectivity index (χ0n) is 17.6. The molecule has 1 heterocycles. The van der Waals surface area contributed by atoms with Crippen molar-refractivity contribution in [3.05, 3.63) is 33.8 Å². The molecule has 7 nitrogen and oxygen atoms in total. The van der Waals surface area contributed by atoms with Crippen molar-refractivity contribution in [2.45, 2.75) is 51.1 Å². The molecule has 0 spiro atoms. The number of carbonyl (C=O) groups is 3. The average Bonchev–Trinajstić information content (AvgIpc) is 3.30. The van der Waals surface area contributed by atoms with Gasteiger partial charge in [0.25, 0.3) is 11.8 Å². The van der Waals surface area contributed by atoms with E-state index in [9.17, 15) is 14.4 Å². The molecular formula is C22H30Cl2N4O3. The number of nitrogens with two attached hydrogens (primary N) is 1. The fraction of sp³-hybridized carbons (Fsp3) is 0.591. The van der Waals surface area contributed by atoms with E-state index in [1.807, 2.05) is 0 Å². The first-order valence-electron chi connectivity index (χ1n) is 11.0. The van der Waals surface area contributed by atoms with Crippen molar-refractivity contribution in [1.29, 1.82) is 0 Å². The lowest BCUT2D eigenvalue weighted by molar-refractivity contribution is -0.149. The maximum atomic E-state index is 13.3. The molecule has 3 rings (SSSR count). The van der Waals surface area contributed by atoms with Crippen molar-refractivity contribution in [2.24, 2.45) is 11.7 Å². The lowest BCUT2D eigenvalue weighted by atomic mass is 10.0. The third-order valence-electron chi connectivity index (χ3n) is 6.06. The number of benzene rings is 1. The summed E-state index contributed by atoms with van der Waals surface area (Å²) in [5, 5.41) is 3.35. The second-order valence-corrected chi connectivity index (χ2v) is 9.03. The summed E-state index contributed by atoms with van der Waals surface area (Å²) in [5.41, 5.74) is 5.86. The molecule has 1 aliphatic carbocycles. The van der Waals surface area contributed by atoms with Crippen LogP contribution in [0.3, 0.4) is 0 Å². The second-order valence-electron chi connectivity index (χ2n) is 8.21. The Labute approximate surface area is 193 Å². The van der Waals surface area contributed by atoms with Gasteiger partial charge in [-0.3, -0.25) is 14.4 Å². The molecule has 0 aromatic heterocycles. The zero-order valence-corrected chi connectivity index (χ0v) is 19.1. The van der Waals surface area contributed by atoms with Gasteiger partial charge >= 0.3 is 0 Å². The third-order valence-corrected chi connectivity index (χ3v) is 6.79. The maximum absolute atomic E-state index is 13.3. The second kappa shape index (κ2) is 11.2. The maximum Gasteiger partial charge on any atom is 0.263 e. The van der Waals surface area contributed by atoms with E-state index >= 15 is 0 Å². The lowest BCUT2D eigenvalue weighted by Crippen LogP contribution is -2.63. The van der Waals surface area contributed by atoms with Gasteiger partial charge in [0.1, 0.15) is 0 Å². The molecule has 0 bridgehead atoms. The van der Waals surface area contributed by atoms with Gasteiger partial charge in [-0.2, -0.15) is 0 Å². The van der Waals surface area contributed by atoms with Crippen LogP contribution in [0.5, 0.6) is 0 Å². The van der Waals surface area contributed by atoms with E-state index in [4.69, 9.17) is 28.9 Å². The molecule has 1 aliphatic heterocycles. The highest BCUT2D eigenvalue weighted by atomic mass is 35.5. The molecular weight excluding hydrogens is 439 g/mol. The number of nitrogens with zero attached hydrogens (tertiary/aromatic N) is 2. The van der Waals surface area contributed by atoms with E-state index in [1.165, 1.54) is 23.8 Å². The highest BCUT2D eigenvalue weighted by Crippen LogP contribution is 2.30. The molecule has 9 heteroatoms. The molecule has 170 valence electrons. The molecule has 1 unspecified atom stereocenters. The minimum absolute atomic E-state index is 0.0913. The van der Waals surface area contributed by atoms with Crippen molar-refractivity contribution in [3.63, 3.8) is 0 Å². The Kier molecular flexibility index (Phi) is 8.58. The van der Waals surface area contributed by atoms with Crippen LogP contribution < -0.4 is 11.1 Å². The van der Waals surface area contributed by atoms with Crippen LogP contribution in [0.2, 0.25) is 10.0 Å². The number of carbonyl (C=O) groups excluding carboxylic acids is 3. The van der Waals surface area contributed by atoms with Gasteiger partial charge in [-0.25, -0.2) is 0 Å². The van der Waals surface area contributed by atoms with Crippen LogP contribution in [0, 0.1) is 5.92 Å². The van der Waals surface area contributed by atoms with Gasteiger partial charge in [-0.1, -0.05) is 48.9 Å². The number of hydrogen-bond acceptors (Lipinski definition) is 4. The molecule has 3 N–H and O–H groups in total. The number of amides is 3. The Balaban J connectivity index is 1.80. The van der Waals surface area contributed by atoms with E-state index < -0.39 is 12.1 Å². The molecule has 31 heavy (non-hydrogen) atoms. The van der Waals surface area contributed by atoms with Crippen LogP contribution in [0.1, 0.15) is 55.3 Å². The van der Waals surface area contributed by atoms with E-state index in [0.29, 0.717) is 42.4 Å². The number of hydrogen-bond donors (Lipinski definition) is 2. The lowest BCUT2D eigenvalue weighted by Gasteiger charge is -2.43. The average molecular weight is 469 g/mol. The van der Waals surface area contributed by atoms with Crippen LogP contribution in [0.25, 0.3) is 0 Å². The Morgan fingerprint density at radius 3 is 2.42 bits per heavy atom. The van der Waals surface area contributed by atoms with Crippen molar-refractivity contribution >= 4 is 40.9 Å². The highest BCUT2D eigenvalue weighted by molar-refractivity contribution is 6.42. The quantitative estimate of drug-likeness (QED) is 0.642. The molecule has 1 saturated carbocycles. The molecule has 0 radical (unpaired) electrons. The number of rotatable bonds is 7. The molecule has 3 amide bonds. The summed E-state index contributed by atoms with van der Waals surface area (Å²) >= 11 is 12.1. The Morgan fingerprint density at radius 2 is 1.74 bits per heavy atom. The molecule has 1 atom stereocenters. The predicted octanol–water partition coefficient (Wildman–Crippen LogP) is 3.04. The van der Waals surface area contributed by atoms with Crippen LogP contribution >= 0.6 is 23.2 Å². The monoisotopic (exact) mass is 468 g/mol. The molecule has 2 aliphatic rings. The first-order valence-corrected chi connectivity index (χ1v) is 11.7. The normalized spacial score (nSPS) is 19.5. The molecule has 2 fully saturated rings. The zero-order chi connectivity index (χ0) is 22.4. The van der Waals surface area contributed by atoms with Crippen molar-refractivity contribution in [1.82, 2.24) is 15.1 Å². The van der Waals surface area contributed by atoms with Crippen LogP contribution in [0.15, 0.2) is 18.2 Å². The van der Waals surface area contributed by atoms with Gasteiger partial charge in [0, 0.05) is 38.2 Å². The predicted molar refractivity (Wildman–Crippen MR) is 121 cm³/mol. The van der Waals surface area contributed by atoms with Gasteiger partial charge in [0.2, 0.25) is 5.91 Å². The summed E-state index contributed by atoms with van der Waals surface area (Å²) in [6, 6.07) is 4.61. The number of halogens is 2. The number of nitrogens with one attached hydrogen (secondary N) is 1. The van der Waals surface area contributed by atoms with E-state index in [2.05, 4.69) is 5.32 Å².